The van der Waals surface area contributed by atoms with Crippen molar-refractivity contribution in [3.05, 3.63) is 18.5 Å². The van der Waals surface area contributed by atoms with Gasteiger partial charge >= 0.3 is 0 Å². The van der Waals surface area contributed by atoms with Crippen LogP contribution in [0.25, 0.3) is 0 Å². The maximum absolute atomic E-state index is 12.0. The first-order valence-corrected chi connectivity index (χ1v) is 7.09. The molecule has 1 amide bonds. The quantitative estimate of drug-likeness (QED) is 0.816. The molecule has 1 fully saturated rings. The number of piperidine rings is 1. The van der Waals surface area contributed by atoms with Crippen molar-refractivity contribution in [1.82, 2.24) is 14.7 Å². The molecule has 106 valence electrons. The number of nitrogens with zero attached hydrogens (tertiary/aromatic N) is 3. The lowest BCUT2D eigenvalue weighted by atomic mass is 10.1. The Hall–Kier alpha value is -1.36. The molecular formula is C14H23N3O2. The highest BCUT2D eigenvalue weighted by atomic mass is 16.5. The molecule has 0 N–H and O–H groups in total. The van der Waals surface area contributed by atoms with Gasteiger partial charge in [-0.3, -0.25) is 9.48 Å². The van der Waals surface area contributed by atoms with Crippen LogP contribution in [0.5, 0.6) is 0 Å². The minimum atomic E-state index is 0.110. The number of hydrogen-bond acceptors (Lipinski definition) is 3. The van der Waals surface area contributed by atoms with Crippen LogP contribution in [0.4, 0.5) is 0 Å². The molecule has 1 aromatic heterocycles. The second-order valence-corrected chi connectivity index (χ2v) is 5.13. The SMILES string of the molecule is CC[C@@H](C)OCC(=O)N1CCC(n2cccn2)CC1. The van der Waals surface area contributed by atoms with Crippen molar-refractivity contribution in [2.24, 2.45) is 0 Å². The van der Waals surface area contributed by atoms with Crippen LogP contribution in [-0.2, 0) is 9.53 Å². The second kappa shape index (κ2) is 6.70. The highest BCUT2D eigenvalue weighted by Crippen LogP contribution is 2.21. The van der Waals surface area contributed by atoms with E-state index in [-0.39, 0.29) is 18.6 Å². The van der Waals surface area contributed by atoms with Crippen LogP contribution in [0.15, 0.2) is 18.5 Å². The van der Waals surface area contributed by atoms with Crippen molar-refractivity contribution >= 4 is 5.91 Å². The van der Waals surface area contributed by atoms with Gasteiger partial charge in [0.05, 0.1) is 12.1 Å². The standard InChI is InChI=1S/C14H23N3O2/c1-3-12(2)19-11-14(18)16-9-5-13(6-10-16)17-8-4-7-15-17/h4,7-8,12-13H,3,5-6,9-11H2,1-2H3/t12-/m1/s1. The van der Waals surface area contributed by atoms with Gasteiger partial charge < -0.3 is 9.64 Å². The molecule has 1 aliphatic rings. The van der Waals surface area contributed by atoms with E-state index in [2.05, 4.69) is 12.0 Å². The van der Waals surface area contributed by atoms with Gasteiger partial charge in [-0.2, -0.15) is 5.10 Å². The third kappa shape index (κ3) is 3.80. The number of carbonyl (C=O) groups excluding carboxylic acids is 1. The molecule has 2 rings (SSSR count). The third-order valence-corrected chi connectivity index (χ3v) is 3.78. The zero-order valence-corrected chi connectivity index (χ0v) is 11.8. The highest BCUT2D eigenvalue weighted by Gasteiger charge is 2.24. The summed E-state index contributed by atoms with van der Waals surface area (Å²) in [6.07, 6.45) is 6.83. The van der Waals surface area contributed by atoms with Crippen LogP contribution >= 0.6 is 0 Å². The molecule has 0 aliphatic carbocycles. The van der Waals surface area contributed by atoms with Gasteiger partial charge in [-0.05, 0) is 32.3 Å². The van der Waals surface area contributed by atoms with E-state index in [9.17, 15) is 4.79 Å². The molecule has 1 aromatic rings. The first kappa shape index (κ1) is 14.1. The van der Waals surface area contributed by atoms with Gasteiger partial charge in [-0.25, -0.2) is 0 Å². The molecule has 0 unspecified atom stereocenters. The predicted molar refractivity (Wildman–Crippen MR) is 72.8 cm³/mol. The normalized spacial score (nSPS) is 18.5. The average Bonchev–Trinajstić information content (AvgIpc) is 2.98. The smallest absolute Gasteiger partial charge is 0.248 e. The van der Waals surface area contributed by atoms with Crippen molar-refractivity contribution < 1.29 is 9.53 Å². The summed E-state index contributed by atoms with van der Waals surface area (Å²) in [5.41, 5.74) is 0. The molecule has 1 aliphatic heterocycles. The Balaban J connectivity index is 1.75. The molecule has 0 spiro atoms. The van der Waals surface area contributed by atoms with Crippen molar-refractivity contribution in [3.8, 4) is 0 Å². The van der Waals surface area contributed by atoms with E-state index in [1.807, 2.05) is 28.8 Å². The lowest BCUT2D eigenvalue weighted by molar-refractivity contribution is -0.139. The Morgan fingerprint density at radius 1 is 1.47 bits per heavy atom. The van der Waals surface area contributed by atoms with Crippen molar-refractivity contribution in [2.75, 3.05) is 19.7 Å². The van der Waals surface area contributed by atoms with Crippen molar-refractivity contribution in [3.63, 3.8) is 0 Å². The molecular weight excluding hydrogens is 242 g/mol. The molecule has 19 heavy (non-hydrogen) atoms. The van der Waals surface area contributed by atoms with Gasteiger partial charge in [0.1, 0.15) is 6.61 Å². The molecule has 0 aromatic carbocycles. The molecule has 5 heteroatoms. The first-order valence-electron chi connectivity index (χ1n) is 7.09. The third-order valence-electron chi connectivity index (χ3n) is 3.78. The average molecular weight is 265 g/mol. The number of rotatable bonds is 5. The number of likely N-dealkylation sites (tertiary alicyclic amines) is 1. The number of hydrogen-bond donors (Lipinski definition) is 0. The van der Waals surface area contributed by atoms with Crippen LogP contribution in [0.1, 0.15) is 39.2 Å². The molecule has 2 heterocycles. The molecule has 0 bridgehead atoms. The van der Waals surface area contributed by atoms with Crippen molar-refractivity contribution in [2.45, 2.75) is 45.3 Å². The largest absolute Gasteiger partial charge is 0.369 e. The van der Waals surface area contributed by atoms with E-state index >= 15 is 0 Å². The molecule has 0 radical (unpaired) electrons. The number of carbonyl (C=O) groups is 1. The van der Waals surface area contributed by atoms with Crippen LogP contribution in [0, 0.1) is 0 Å². The predicted octanol–water partition coefficient (Wildman–Crippen LogP) is 1.86. The van der Waals surface area contributed by atoms with Crippen LogP contribution < -0.4 is 0 Å². The summed E-state index contributed by atoms with van der Waals surface area (Å²) in [5.74, 6) is 0.110. The highest BCUT2D eigenvalue weighted by molar-refractivity contribution is 5.77. The summed E-state index contributed by atoms with van der Waals surface area (Å²) < 4.78 is 7.49. The van der Waals surface area contributed by atoms with E-state index < -0.39 is 0 Å². The number of ether oxygens (including phenoxy) is 1. The minimum Gasteiger partial charge on any atom is -0.369 e. The second-order valence-electron chi connectivity index (χ2n) is 5.13. The lowest BCUT2D eigenvalue weighted by Gasteiger charge is -2.32. The maximum atomic E-state index is 12.0. The number of amides is 1. The van der Waals surface area contributed by atoms with Gasteiger partial charge in [0.2, 0.25) is 5.91 Å². The van der Waals surface area contributed by atoms with Gasteiger partial charge in [0.25, 0.3) is 0 Å². The van der Waals surface area contributed by atoms with Gasteiger partial charge in [-0.15, -0.1) is 0 Å². The number of aromatic nitrogens is 2. The summed E-state index contributed by atoms with van der Waals surface area (Å²) >= 11 is 0. The molecule has 1 atom stereocenters. The summed E-state index contributed by atoms with van der Waals surface area (Å²) in [5, 5.41) is 4.27. The zero-order valence-electron chi connectivity index (χ0n) is 11.8. The lowest BCUT2D eigenvalue weighted by Crippen LogP contribution is -2.41. The van der Waals surface area contributed by atoms with Crippen molar-refractivity contribution in [1.29, 1.82) is 0 Å². The fourth-order valence-corrected chi connectivity index (χ4v) is 2.30. The fourth-order valence-electron chi connectivity index (χ4n) is 2.30. The minimum absolute atomic E-state index is 0.110. The zero-order chi connectivity index (χ0) is 13.7. The summed E-state index contributed by atoms with van der Waals surface area (Å²) in [7, 11) is 0. The molecule has 1 saturated heterocycles. The maximum Gasteiger partial charge on any atom is 0.248 e. The Kier molecular flexibility index (Phi) is 4.96. The molecule has 0 saturated carbocycles. The van der Waals surface area contributed by atoms with Gasteiger partial charge in [-0.1, -0.05) is 6.92 Å². The van der Waals surface area contributed by atoms with E-state index in [0.717, 1.165) is 32.4 Å². The van der Waals surface area contributed by atoms with Crippen LogP contribution in [-0.4, -0.2) is 46.4 Å². The Morgan fingerprint density at radius 2 is 2.21 bits per heavy atom. The summed E-state index contributed by atoms with van der Waals surface area (Å²) in [6.45, 7) is 5.86. The summed E-state index contributed by atoms with van der Waals surface area (Å²) in [4.78, 5) is 13.9. The Bertz CT molecular complexity index is 383. The topological polar surface area (TPSA) is 47.4 Å². The van der Waals surface area contributed by atoms with E-state index in [4.69, 9.17) is 4.74 Å². The first-order chi connectivity index (χ1) is 9.20. The van der Waals surface area contributed by atoms with E-state index in [0.29, 0.717) is 6.04 Å². The van der Waals surface area contributed by atoms with Gasteiger partial charge in [0.15, 0.2) is 0 Å². The Morgan fingerprint density at radius 3 is 2.79 bits per heavy atom. The van der Waals surface area contributed by atoms with Crippen LogP contribution in [0.3, 0.4) is 0 Å². The van der Waals surface area contributed by atoms with Gasteiger partial charge in [0, 0.05) is 25.5 Å². The monoisotopic (exact) mass is 265 g/mol. The molecule has 5 nitrogen and oxygen atoms in total. The Labute approximate surface area is 114 Å². The van der Waals surface area contributed by atoms with E-state index in [1.165, 1.54) is 0 Å². The van der Waals surface area contributed by atoms with E-state index in [1.54, 1.807) is 6.20 Å². The fraction of sp³-hybridized carbons (Fsp3) is 0.714. The summed E-state index contributed by atoms with van der Waals surface area (Å²) in [6, 6.07) is 2.37. The van der Waals surface area contributed by atoms with Crippen LogP contribution in [0.2, 0.25) is 0 Å².